The van der Waals surface area contributed by atoms with Crippen molar-refractivity contribution in [2.75, 3.05) is 0 Å². The van der Waals surface area contributed by atoms with Gasteiger partial charge in [0.1, 0.15) is 29.1 Å². The van der Waals surface area contributed by atoms with Gasteiger partial charge >= 0.3 is 10.1 Å². The molecule has 2 aromatic heterocycles. The Kier molecular flexibility index (Phi) is 6.78. The lowest BCUT2D eigenvalue weighted by Gasteiger charge is -2.12. The number of nitrogens with zero attached hydrogens (tertiary/aromatic N) is 4. The van der Waals surface area contributed by atoms with Gasteiger partial charge in [-0.3, -0.25) is 0 Å². The molecule has 13 heteroatoms. The molecule has 0 saturated heterocycles. The summed E-state index contributed by atoms with van der Waals surface area (Å²) in [5, 5.41) is 19.2. The molecule has 0 bridgehead atoms. The van der Waals surface area contributed by atoms with Crippen LogP contribution in [0.1, 0.15) is 27.4 Å². The van der Waals surface area contributed by atoms with Crippen molar-refractivity contribution in [3.63, 3.8) is 0 Å². The number of rotatable bonds is 6. The van der Waals surface area contributed by atoms with E-state index in [0.29, 0.717) is 21.1 Å². The third-order valence-electron chi connectivity index (χ3n) is 4.89. The number of alkyl halides is 6. The maximum atomic E-state index is 13.5. The van der Waals surface area contributed by atoms with E-state index in [9.17, 15) is 22.0 Å². The van der Waals surface area contributed by atoms with Crippen molar-refractivity contribution < 1.29 is 26.7 Å². The zero-order valence-corrected chi connectivity index (χ0v) is 20.6. The van der Waals surface area contributed by atoms with Crippen LogP contribution in [0.25, 0.3) is 21.8 Å². The zero-order chi connectivity index (χ0) is 25.4. The number of H-pyrrole nitrogens is 1. The van der Waals surface area contributed by atoms with Gasteiger partial charge in [-0.15, -0.1) is 16.4 Å². The molecule has 1 N–H and O–H groups in total. The first-order valence-electron chi connectivity index (χ1n) is 9.76. The molecule has 2 aromatic carbocycles. The highest BCUT2D eigenvalue weighted by molar-refractivity contribution is 14.1. The van der Waals surface area contributed by atoms with Gasteiger partial charge < -0.3 is 4.74 Å². The highest BCUT2D eigenvalue weighted by Crippen LogP contribution is 2.38. The highest BCUT2D eigenvalue weighted by atomic mass is 127. The van der Waals surface area contributed by atoms with E-state index in [0.717, 1.165) is 34.7 Å². The predicted molar refractivity (Wildman–Crippen MR) is 126 cm³/mol. The van der Waals surface area contributed by atoms with Crippen molar-refractivity contribution >= 4 is 33.9 Å². The van der Waals surface area contributed by atoms with Gasteiger partial charge in [-0.1, -0.05) is 29.5 Å². The minimum absolute atomic E-state index is 0.0222. The van der Waals surface area contributed by atoms with Gasteiger partial charge in [0.15, 0.2) is 5.69 Å². The summed E-state index contributed by atoms with van der Waals surface area (Å²) in [6, 6.07) is 10.6. The van der Waals surface area contributed by atoms with Crippen LogP contribution in [0, 0.1) is 18.3 Å². The van der Waals surface area contributed by atoms with Gasteiger partial charge in [0, 0.05) is 39.3 Å². The van der Waals surface area contributed by atoms with E-state index in [1.54, 1.807) is 13.0 Å². The summed E-state index contributed by atoms with van der Waals surface area (Å²) in [6.07, 6.45) is -4.65. The van der Waals surface area contributed by atoms with E-state index < -0.39 is 15.7 Å². The molecular formula is C22H13F5IN5OS. The van der Waals surface area contributed by atoms with Crippen LogP contribution in [0.3, 0.4) is 0 Å². The van der Waals surface area contributed by atoms with Crippen LogP contribution >= 0.6 is 33.9 Å². The summed E-state index contributed by atoms with van der Waals surface area (Å²) in [5.74, 6) is -0.0790. The second-order valence-electron chi connectivity index (χ2n) is 7.28. The summed E-state index contributed by atoms with van der Waals surface area (Å²) >= 11 is 2.30. The molecule has 0 saturated carbocycles. The number of nitriles is 1. The third-order valence-corrected chi connectivity index (χ3v) is 6.69. The van der Waals surface area contributed by atoms with Gasteiger partial charge in [-0.05, 0) is 25.1 Å². The number of aromatic amines is 1. The van der Waals surface area contributed by atoms with Crippen LogP contribution < -0.4 is 4.74 Å². The van der Waals surface area contributed by atoms with Crippen molar-refractivity contribution in [1.82, 2.24) is 20.4 Å². The summed E-state index contributed by atoms with van der Waals surface area (Å²) in [7, 11) is 0. The standard InChI is InChI=1S/C22H13F5IN5OS/c1-11-18(35-20(30-11)12-2-4-14(5-3-12)22(26,27)28)10-34-16-7-13(6-15(8-16)21(23,24)25)19-17(9-29)31-33-32-19/h2-8H,10H2,1H3,(H,31,32,33). The number of nitrogens with one attached hydrogen (secondary N) is 1. The van der Waals surface area contributed by atoms with Crippen LogP contribution in [-0.4, -0.2) is 20.4 Å². The van der Waals surface area contributed by atoms with Crippen molar-refractivity contribution in [3.8, 4) is 33.6 Å². The van der Waals surface area contributed by atoms with E-state index in [4.69, 9.17) is 10.00 Å². The number of thiazole rings is 1. The topological polar surface area (TPSA) is 87.5 Å². The Balaban J connectivity index is 1.60. The molecule has 0 spiro atoms. The van der Waals surface area contributed by atoms with Crippen molar-refractivity contribution in [2.24, 2.45) is 0 Å². The second kappa shape index (κ2) is 9.50. The maximum absolute atomic E-state index is 13.5. The van der Waals surface area contributed by atoms with Crippen LogP contribution in [0.2, 0.25) is 0 Å². The lowest BCUT2D eigenvalue weighted by molar-refractivity contribution is -0.137. The lowest BCUT2D eigenvalue weighted by atomic mass is 10.1. The molecule has 0 atom stereocenters. The minimum Gasteiger partial charge on any atom is -0.488 e. The van der Waals surface area contributed by atoms with Crippen molar-refractivity contribution in [2.45, 2.75) is 23.6 Å². The summed E-state index contributed by atoms with van der Waals surface area (Å²) in [6.45, 7) is 1.65. The summed E-state index contributed by atoms with van der Waals surface area (Å²) < 4.78 is 70.0. The van der Waals surface area contributed by atoms with E-state index in [1.165, 1.54) is 41.7 Å². The summed E-state index contributed by atoms with van der Waals surface area (Å²) in [5.41, 5.74) is 0.0455. The molecule has 180 valence electrons. The number of benzene rings is 2. The monoisotopic (exact) mass is 617 g/mol. The third kappa shape index (κ3) is 5.59. The van der Waals surface area contributed by atoms with E-state index in [-0.39, 0.29) is 34.9 Å². The first-order chi connectivity index (χ1) is 16.5. The minimum atomic E-state index is -4.65. The van der Waals surface area contributed by atoms with Crippen molar-refractivity contribution in [3.05, 3.63) is 69.9 Å². The average Bonchev–Trinajstić information content (AvgIpc) is 3.43. The largest absolute Gasteiger partial charge is 0.488 e. The van der Waals surface area contributed by atoms with Crippen LogP contribution in [0.4, 0.5) is 22.0 Å². The Labute approximate surface area is 212 Å². The van der Waals surface area contributed by atoms with Gasteiger partial charge in [-0.25, -0.2) is 10.1 Å². The number of hydrogen-bond donors (Lipinski definition) is 1. The number of aromatic nitrogens is 4. The van der Waals surface area contributed by atoms with Gasteiger partial charge in [0.05, 0.1) is 16.1 Å². The van der Waals surface area contributed by atoms with Gasteiger partial charge in [-0.2, -0.15) is 27.2 Å². The number of aryl methyl sites for hydroxylation is 1. The Hall–Kier alpha value is -3.12. The van der Waals surface area contributed by atoms with Gasteiger partial charge in [0.2, 0.25) is 0 Å². The molecule has 0 unspecified atom stereocenters. The molecule has 2 heterocycles. The lowest BCUT2D eigenvalue weighted by Crippen LogP contribution is -2.06. The first kappa shape index (κ1) is 25.0. The maximum Gasteiger partial charge on any atom is 0.416 e. The average molecular weight is 617 g/mol. The summed E-state index contributed by atoms with van der Waals surface area (Å²) in [4.78, 5) is 5.09. The molecule has 0 aliphatic rings. The fourth-order valence-electron chi connectivity index (χ4n) is 3.13. The fourth-order valence-corrected chi connectivity index (χ4v) is 4.47. The smallest absolute Gasteiger partial charge is 0.416 e. The van der Waals surface area contributed by atoms with E-state index in [2.05, 4.69) is 20.4 Å². The number of halogens is 6. The molecule has 0 aliphatic heterocycles. The molecule has 35 heavy (non-hydrogen) atoms. The Morgan fingerprint density at radius 1 is 1.06 bits per heavy atom. The Morgan fingerprint density at radius 3 is 2.40 bits per heavy atom. The van der Waals surface area contributed by atoms with Crippen LogP contribution in [0.5, 0.6) is 5.75 Å². The normalized spacial score (nSPS) is 11.9. The predicted octanol–water partition coefficient (Wildman–Crippen LogP) is 6.86. The van der Waals surface area contributed by atoms with E-state index >= 15 is 0 Å². The molecular weight excluding hydrogens is 604 g/mol. The first-order valence-corrected chi connectivity index (χ1v) is 11.7. The second-order valence-corrected chi connectivity index (χ2v) is 9.72. The quantitative estimate of drug-likeness (QED) is 0.145. The number of ether oxygens (including phenoxy) is 1. The van der Waals surface area contributed by atoms with Gasteiger partial charge in [0.25, 0.3) is 0 Å². The Bertz CT molecular complexity index is 1400. The van der Waals surface area contributed by atoms with Crippen LogP contribution in [0.15, 0.2) is 42.5 Å². The zero-order valence-electron chi connectivity index (χ0n) is 17.6. The molecule has 0 fully saturated rings. The van der Waals surface area contributed by atoms with Crippen LogP contribution in [-0.2, 0) is 16.7 Å². The molecule has 0 radical (unpaired) electrons. The fraction of sp³-hybridized carbons (Fsp3) is 0.182. The number of hydrogen-bond acceptors (Lipinski definition) is 6. The molecule has 4 rings (SSSR count). The molecule has 0 aliphatic carbocycles. The highest BCUT2D eigenvalue weighted by Gasteiger charge is 2.32. The molecule has 0 amide bonds. The van der Waals surface area contributed by atoms with E-state index in [1.807, 2.05) is 0 Å². The van der Waals surface area contributed by atoms with Crippen molar-refractivity contribution in [1.29, 1.82) is 5.26 Å². The SMILES string of the molecule is Cc1nc(-c2ccc(C(F)(F)I)cc2)sc1COc1cc(-c2nn[nH]c2C#N)cc(C(F)(F)F)c1. The molecule has 4 aromatic rings. The Morgan fingerprint density at radius 2 is 1.77 bits per heavy atom. The molecule has 6 nitrogen and oxygen atoms in total.